The van der Waals surface area contributed by atoms with Crippen LogP contribution >= 0.6 is 11.6 Å². The molecule has 0 aromatic heterocycles. The highest BCUT2D eigenvalue weighted by Gasteiger charge is 2.34. The zero-order chi connectivity index (χ0) is 30.4. The number of benzene rings is 3. The highest BCUT2D eigenvalue weighted by Crippen LogP contribution is 2.37. The van der Waals surface area contributed by atoms with E-state index in [1.807, 2.05) is 11.8 Å². The largest absolute Gasteiger partial charge is 0.493 e. The van der Waals surface area contributed by atoms with Crippen molar-refractivity contribution in [1.29, 1.82) is 0 Å². The maximum absolute atomic E-state index is 14.6. The number of ether oxygens (including phenoxy) is 1. The molecule has 0 spiro atoms. The van der Waals surface area contributed by atoms with Gasteiger partial charge in [0.25, 0.3) is 0 Å². The number of aliphatic hydroxyl groups excluding tert-OH is 1. The van der Waals surface area contributed by atoms with Crippen molar-refractivity contribution in [1.82, 2.24) is 4.90 Å². The first-order valence-corrected chi connectivity index (χ1v) is 15.1. The molecule has 0 radical (unpaired) electrons. The third-order valence-electron chi connectivity index (χ3n) is 6.53. The van der Waals surface area contributed by atoms with E-state index >= 15 is 0 Å². The van der Waals surface area contributed by atoms with E-state index < -0.39 is 34.0 Å². The number of nitrogens with zero attached hydrogens (tertiary/aromatic N) is 1. The Labute approximate surface area is 241 Å². The molecular weight excluding hydrogens is 589 g/mol. The molecule has 0 bridgehead atoms. The second-order valence-corrected chi connectivity index (χ2v) is 12.2. The average Bonchev–Trinajstić information content (AvgIpc) is 2.88. The van der Waals surface area contributed by atoms with Crippen molar-refractivity contribution in [3.8, 4) is 5.75 Å². The maximum atomic E-state index is 14.6. The molecule has 0 amide bonds. The van der Waals surface area contributed by atoms with Gasteiger partial charge in [-0.05, 0) is 54.2 Å². The normalized spacial score (nSPS) is 13.0. The van der Waals surface area contributed by atoms with Gasteiger partial charge in [0.1, 0.15) is 17.4 Å². The monoisotopic (exact) mass is 619 g/mol. The Morgan fingerprint density at radius 2 is 1.76 bits per heavy atom. The molecule has 12 heteroatoms. The first-order valence-electron chi connectivity index (χ1n) is 12.8. The lowest BCUT2D eigenvalue weighted by Crippen LogP contribution is -2.30. The number of alkyl halides is 3. The van der Waals surface area contributed by atoms with Crippen LogP contribution in [0.25, 0.3) is 0 Å². The molecule has 0 saturated carbocycles. The highest BCUT2D eigenvalue weighted by atomic mass is 35.5. The van der Waals surface area contributed by atoms with E-state index in [2.05, 4.69) is 0 Å². The molecule has 0 heterocycles. The Morgan fingerprint density at radius 3 is 2.37 bits per heavy atom. The molecule has 1 N–H and O–H groups in total. The Morgan fingerprint density at radius 1 is 1.07 bits per heavy atom. The maximum Gasteiger partial charge on any atom is 0.417 e. The second kappa shape index (κ2) is 14.0. The van der Waals surface area contributed by atoms with Gasteiger partial charge in [-0.1, -0.05) is 42.8 Å². The minimum atomic E-state index is -4.61. The minimum Gasteiger partial charge on any atom is -0.493 e. The molecule has 0 aliphatic rings. The van der Waals surface area contributed by atoms with Gasteiger partial charge in [-0.2, -0.15) is 13.2 Å². The first kappa shape index (κ1) is 32.8. The lowest BCUT2D eigenvalue weighted by molar-refractivity contribution is -0.137. The molecule has 0 aliphatic carbocycles. The third-order valence-corrected chi connectivity index (χ3v) is 8.14. The van der Waals surface area contributed by atoms with Crippen LogP contribution in [-0.4, -0.2) is 51.0 Å². The average molecular weight is 620 g/mol. The lowest BCUT2D eigenvalue weighted by atomic mass is 10.00. The molecule has 224 valence electrons. The van der Waals surface area contributed by atoms with Crippen LogP contribution in [0.5, 0.6) is 5.75 Å². The van der Waals surface area contributed by atoms with Gasteiger partial charge < -0.3 is 9.84 Å². The van der Waals surface area contributed by atoms with Crippen molar-refractivity contribution < 1.29 is 40.2 Å². The molecule has 0 aliphatic heterocycles. The summed E-state index contributed by atoms with van der Waals surface area (Å²) >= 11 is 6.14. The third kappa shape index (κ3) is 9.13. The van der Waals surface area contributed by atoms with Gasteiger partial charge in [0, 0.05) is 44.1 Å². The van der Waals surface area contributed by atoms with Gasteiger partial charge >= 0.3 is 6.18 Å². The zero-order valence-corrected chi connectivity index (χ0v) is 24.1. The molecule has 0 saturated heterocycles. The van der Waals surface area contributed by atoms with Crippen molar-refractivity contribution in [2.45, 2.75) is 43.3 Å². The number of rotatable bonds is 13. The molecule has 1 unspecified atom stereocenters. The summed E-state index contributed by atoms with van der Waals surface area (Å²) in [7, 11) is -3.80. The van der Waals surface area contributed by atoms with Crippen LogP contribution in [0, 0.1) is 11.6 Å². The fourth-order valence-electron chi connectivity index (χ4n) is 4.52. The van der Waals surface area contributed by atoms with Crippen LogP contribution in [0.1, 0.15) is 41.5 Å². The van der Waals surface area contributed by atoms with E-state index in [1.54, 1.807) is 12.1 Å². The number of aliphatic hydroxyl groups is 1. The molecule has 3 rings (SSSR count). The van der Waals surface area contributed by atoms with Crippen LogP contribution in [-0.2, 0) is 29.0 Å². The van der Waals surface area contributed by atoms with Crippen molar-refractivity contribution in [3.63, 3.8) is 0 Å². The summed E-state index contributed by atoms with van der Waals surface area (Å²) in [6.07, 6.45) is -3.49. The fourth-order valence-corrected chi connectivity index (χ4v) is 5.79. The van der Waals surface area contributed by atoms with Crippen LogP contribution < -0.4 is 4.74 Å². The first-order chi connectivity index (χ1) is 19.2. The zero-order valence-electron chi connectivity index (χ0n) is 22.5. The van der Waals surface area contributed by atoms with Gasteiger partial charge in [-0.15, -0.1) is 0 Å². The van der Waals surface area contributed by atoms with Crippen molar-refractivity contribution in [2.24, 2.45) is 0 Å². The molecule has 41 heavy (non-hydrogen) atoms. The van der Waals surface area contributed by atoms with Crippen LogP contribution in [0.3, 0.4) is 0 Å². The Hall–Kier alpha value is -2.73. The van der Waals surface area contributed by atoms with Gasteiger partial charge in [0.05, 0.1) is 22.1 Å². The van der Waals surface area contributed by atoms with Crippen LogP contribution in [0.15, 0.2) is 59.5 Å². The number of hydrogen-bond acceptors (Lipinski definition) is 5. The van der Waals surface area contributed by atoms with Gasteiger partial charge in [-0.3, -0.25) is 4.90 Å². The topological polar surface area (TPSA) is 66.8 Å². The molecule has 3 aromatic carbocycles. The predicted octanol–water partition coefficient (Wildman–Crippen LogP) is 6.65. The van der Waals surface area contributed by atoms with Gasteiger partial charge in [-0.25, -0.2) is 17.2 Å². The van der Waals surface area contributed by atoms with E-state index in [1.165, 1.54) is 30.3 Å². The Bertz CT molecular complexity index is 1430. The Balaban J connectivity index is 1.77. The van der Waals surface area contributed by atoms with Gasteiger partial charge in [0.15, 0.2) is 9.84 Å². The van der Waals surface area contributed by atoms with Crippen molar-refractivity contribution in [2.75, 3.05) is 32.6 Å². The minimum absolute atomic E-state index is 0.00299. The fraction of sp³-hybridized carbons (Fsp3) is 0.379. The summed E-state index contributed by atoms with van der Waals surface area (Å²) < 4.78 is 98.2. The van der Waals surface area contributed by atoms with E-state index in [0.29, 0.717) is 19.5 Å². The Kier molecular flexibility index (Phi) is 11.2. The smallest absolute Gasteiger partial charge is 0.417 e. The summed E-state index contributed by atoms with van der Waals surface area (Å²) in [5.74, 6) is -1.31. The lowest BCUT2D eigenvalue weighted by Gasteiger charge is -2.27. The number of hydrogen-bond donors (Lipinski definition) is 1. The summed E-state index contributed by atoms with van der Waals surface area (Å²) in [5.41, 5.74) is 0.0729. The SMILES string of the molecule is CC(CN(CCCOc1cc(F)c(CCO)c(S(C)(=O)=O)c1)Cc1cccc(C(F)(F)F)c1Cl)c1ccc(F)cc1. The van der Waals surface area contributed by atoms with E-state index in [9.17, 15) is 35.5 Å². The second-order valence-electron chi connectivity index (χ2n) is 9.79. The quantitative estimate of drug-likeness (QED) is 0.171. The highest BCUT2D eigenvalue weighted by molar-refractivity contribution is 7.90. The standard InChI is InChI=1S/C29H31ClF5NO4S/c1-19(20-7-9-22(31)10-8-20)17-36(18-21-5-3-6-25(28(21)30)29(33,34)35)12-4-14-40-23-15-26(32)24(11-13-37)27(16-23)41(2,38)39/h3,5-10,15-16,19,37H,4,11-14,17-18H2,1-2H3. The molecule has 5 nitrogen and oxygen atoms in total. The van der Waals surface area contributed by atoms with E-state index in [-0.39, 0.29) is 58.1 Å². The predicted molar refractivity (Wildman–Crippen MR) is 147 cm³/mol. The number of sulfone groups is 1. The van der Waals surface area contributed by atoms with Crippen LogP contribution in [0.2, 0.25) is 5.02 Å². The van der Waals surface area contributed by atoms with Crippen molar-refractivity contribution in [3.05, 3.63) is 93.5 Å². The van der Waals surface area contributed by atoms with E-state index in [4.69, 9.17) is 16.3 Å². The summed E-state index contributed by atoms with van der Waals surface area (Å²) in [4.78, 5) is 1.63. The summed E-state index contributed by atoms with van der Waals surface area (Å²) in [5, 5.41) is 8.79. The molecular formula is C29H31ClF5NO4S. The summed E-state index contributed by atoms with van der Waals surface area (Å²) in [6.45, 7) is 2.38. The number of halogens is 6. The molecule has 3 aromatic rings. The van der Waals surface area contributed by atoms with Gasteiger partial charge in [0.2, 0.25) is 0 Å². The molecule has 0 fully saturated rings. The molecule has 1 atom stereocenters. The van der Waals surface area contributed by atoms with Crippen LogP contribution in [0.4, 0.5) is 22.0 Å². The summed E-state index contributed by atoms with van der Waals surface area (Å²) in [6, 6.07) is 12.0. The van der Waals surface area contributed by atoms with E-state index in [0.717, 1.165) is 24.0 Å². The van der Waals surface area contributed by atoms with Crippen molar-refractivity contribution >= 4 is 21.4 Å².